The zero-order valence-corrected chi connectivity index (χ0v) is 21.2. The third kappa shape index (κ3) is 4.94. The molecule has 0 atom stereocenters. The van der Waals surface area contributed by atoms with Crippen LogP contribution in [-0.2, 0) is 0 Å². The summed E-state index contributed by atoms with van der Waals surface area (Å²) < 4.78 is 19.6. The van der Waals surface area contributed by atoms with Crippen molar-refractivity contribution < 1.29 is 13.6 Å². The lowest BCUT2D eigenvalue weighted by molar-refractivity contribution is 0.431. The largest absolute Gasteiger partial charge is 0.542 e. The van der Waals surface area contributed by atoms with Gasteiger partial charge in [-0.1, -0.05) is 60.7 Å². The molecule has 4 rings (SSSR count). The van der Waals surface area contributed by atoms with Gasteiger partial charge in [-0.15, -0.1) is 0 Å². The van der Waals surface area contributed by atoms with Crippen molar-refractivity contribution in [1.29, 1.82) is 0 Å². The van der Waals surface area contributed by atoms with Gasteiger partial charge in [0.15, 0.2) is 11.5 Å². The highest BCUT2D eigenvalue weighted by atomic mass is 28.4. The zero-order valence-electron chi connectivity index (χ0n) is 19.2. The maximum atomic E-state index is 6.75. The molecular formula is C26H30O3Si2. The van der Waals surface area contributed by atoms with Gasteiger partial charge < -0.3 is 13.6 Å². The highest BCUT2D eigenvalue weighted by molar-refractivity contribution is 6.70. The molecule has 4 aromatic carbocycles. The maximum Gasteiger partial charge on any atom is 0.242 e. The van der Waals surface area contributed by atoms with Crippen LogP contribution < -0.4 is 13.6 Å². The molecular weight excluding hydrogens is 416 g/mol. The summed E-state index contributed by atoms with van der Waals surface area (Å²) in [5.74, 6) is 3.06. The molecule has 0 spiro atoms. The lowest BCUT2D eigenvalue weighted by Gasteiger charge is -2.25. The molecule has 5 heteroatoms. The highest BCUT2D eigenvalue weighted by Crippen LogP contribution is 2.45. The molecule has 0 bridgehead atoms. The lowest BCUT2D eigenvalue weighted by Crippen LogP contribution is -2.29. The average Bonchev–Trinajstić information content (AvgIpc) is 2.69. The first-order valence-corrected chi connectivity index (χ1v) is 17.5. The molecule has 0 saturated heterocycles. The van der Waals surface area contributed by atoms with Crippen LogP contribution in [-0.4, -0.2) is 16.6 Å². The Hall–Kier alpha value is -2.77. The standard InChI is InChI=1S/C26H30O3Si2/c1-30(2,3)28-23-17-15-19-11-7-9-13-21(19)25(23)27-26-22-14-10-8-12-20(22)16-18-24(26)29-31(4,5)6/h7-18H,1-6H3. The molecule has 0 amide bonds. The minimum Gasteiger partial charge on any atom is -0.542 e. The second-order valence-electron chi connectivity index (χ2n) is 9.76. The van der Waals surface area contributed by atoms with Gasteiger partial charge in [-0.05, 0) is 62.2 Å². The van der Waals surface area contributed by atoms with Gasteiger partial charge in [0.05, 0.1) is 0 Å². The van der Waals surface area contributed by atoms with Crippen LogP contribution in [0.15, 0.2) is 72.8 Å². The van der Waals surface area contributed by atoms with Crippen LogP contribution in [0.4, 0.5) is 0 Å². The molecule has 0 aliphatic rings. The zero-order chi connectivity index (χ0) is 22.2. The fourth-order valence-corrected chi connectivity index (χ4v) is 5.22. The Morgan fingerprint density at radius 3 is 1.26 bits per heavy atom. The van der Waals surface area contributed by atoms with Crippen LogP contribution in [0.3, 0.4) is 0 Å². The van der Waals surface area contributed by atoms with E-state index >= 15 is 0 Å². The summed E-state index contributed by atoms with van der Waals surface area (Å²) in [4.78, 5) is 0. The van der Waals surface area contributed by atoms with E-state index in [4.69, 9.17) is 13.6 Å². The molecule has 0 unspecified atom stereocenters. The molecule has 0 radical (unpaired) electrons. The maximum absolute atomic E-state index is 6.75. The molecule has 0 heterocycles. The van der Waals surface area contributed by atoms with Crippen LogP contribution in [0.2, 0.25) is 39.3 Å². The number of hydrogen-bond acceptors (Lipinski definition) is 3. The molecule has 0 fully saturated rings. The van der Waals surface area contributed by atoms with Gasteiger partial charge in [-0.25, -0.2) is 0 Å². The van der Waals surface area contributed by atoms with E-state index in [1.807, 2.05) is 36.4 Å². The third-order valence-electron chi connectivity index (χ3n) is 4.72. The molecule has 3 nitrogen and oxygen atoms in total. The summed E-state index contributed by atoms with van der Waals surface area (Å²) in [6.07, 6.45) is 0. The van der Waals surface area contributed by atoms with Crippen molar-refractivity contribution in [1.82, 2.24) is 0 Å². The van der Waals surface area contributed by atoms with Gasteiger partial charge in [-0.2, -0.15) is 0 Å². The number of rotatable bonds is 6. The topological polar surface area (TPSA) is 27.7 Å². The second kappa shape index (κ2) is 8.06. The van der Waals surface area contributed by atoms with Crippen molar-refractivity contribution in [3.63, 3.8) is 0 Å². The van der Waals surface area contributed by atoms with Crippen LogP contribution in [0.5, 0.6) is 23.0 Å². The van der Waals surface area contributed by atoms with Gasteiger partial charge >= 0.3 is 0 Å². The predicted molar refractivity (Wildman–Crippen MR) is 136 cm³/mol. The summed E-state index contributed by atoms with van der Waals surface area (Å²) in [5, 5.41) is 4.30. The van der Waals surface area contributed by atoms with Gasteiger partial charge in [0, 0.05) is 10.8 Å². The minimum atomic E-state index is -1.84. The van der Waals surface area contributed by atoms with Gasteiger partial charge in [0.25, 0.3) is 0 Å². The van der Waals surface area contributed by atoms with Crippen molar-refractivity contribution in [2.45, 2.75) is 39.3 Å². The first-order chi connectivity index (χ1) is 14.6. The monoisotopic (exact) mass is 446 g/mol. The predicted octanol–water partition coefficient (Wildman–Crippen LogP) is 8.21. The lowest BCUT2D eigenvalue weighted by atomic mass is 10.1. The molecule has 0 saturated carbocycles. The van der Waals surface area contributed by atoms with Crippen LogP contribution >= 0.6 is 0 Å². The molecule has 4 aromatic rings. The Labute approximate surface area is 186 Å². The van der Waals surface area contributed by atoms with Crippen molar-refractivity contribution in [2.24, 2.45) is 0 Å². The molecule has 0 aliphatic heterocycles. The smallest absolute Gasteiger partial charge is 0.242 e. The van der Waals surface area contributed by atoms with E-state index in [1.165, 1.54) is 0 Å². The SMILES string of the molecule is C[Si](C)(C)Oc1ccc2ccccc2c1Oc1c(O[Si](C)(C)C)ccc2ccccc12. The fraction of sp³-hybridized carbons (Fsp3) is 0.231. The summed E-state index contributed by atoms with van der Waals surface area (Å²) in [6, 6.07) is 24.8. The summed E-state index contributed by atoms with van der Waals surface area (Å²) in [5.41, 5.74) is 0. The first kappa shape index (κ1) is 21.5. The van der Waals surface area contributed by atoms with Gasteiger partial charge in [0.2, 0.25) is 16.6 Å². The van der Waals surface area contributed by atoms with Crippen molar-refractivity contribution >= 4 is 38.2 Å². The van der Waals surface area contributed by atoms with Crippen molar-refractivity contribution in [2.75, 3.05) is 0 Å². The molecule has 0 aliphatic carbocycles. The van der Waals surface area contributed by atoms with E-state index in [-0.39, 0.29) is 0 Å². The summed E-state index contributed by atoms with van der Waals surface area (Å²) in [6.45, 7) is 13.1. The Morgan fingerprint density at radius 1 is 0.484 bits per heavy atom. The van der Waals surface area contributed by atoms with E-state index in [1.54, 1.807) is 0 Å². The van der Waals surface area contributed by atoms with Gasteiger partial charge in [0.1, 0.15) is 11.5 Å². The van der Waals surface area contributed by atoms with Gasteiger partial charge in [-0.3, -0.25) is 0 Å². The average molecular weight is 447 g/mol. The van der Waals surface area contributed by atoms with E-state index in [0.29, 0.717) is 0 Å². The first-order valence-electron chi connectivity index (χ1n) is 10.7. The molecule has 0 aromatic heterocycles. The summed E-state index contributed by atoms with van der Waals surface area (Å²) >= 11 is 0. The van der Waals surface area contributed by atoms with Crippen LogP contribution in [0.25, 0.3) is 21.5 Å². The molecule has 0 N–H and O–H groups in total. The third-order valence-corrected chi connectivity index (χ3v) is 6.39. The summed E-state index contributed by atoms with van der Waals surface area (Å²) in [7, 11) is -3.69. The van der Waals surface area contributed by atoms with Crippen LogP contribution in [0, 0.1) is 0 Å². The van der Waals surface area contributed by atoms with E-state index in [9.17, 15) is 0 Å². The minimum absolute atomic E-state index is 0.748. The van der Waals surface area contributed by atoms with Crippen molar-refractivity contribution in [3.05, 3.63) is 72.8 Å². The van der Waals surface area contributed by atoms with Crippen molar-refractivity contribution in [3.8, 4) is 23.0 Å². The Morgan fingerprint density at radius 2 is 0.871 bits per heavy atom. The second-order valence-corrected chi connectivity index (χ2v) is 18.6. The highest BCUT2D eigenvalue weighted by Gasteiger charge is 2.24. The number of benzene rings is 4. The molecule has 160 valence electrons. The number of hydrogen-bond donors (Lipinski definition) is 0. The van der Waals surface area contributed by atoms with E-state index in [2.05, 4.69) is 75.7 Å². The number of fused-ring (bicyclic) bond motifs is 2. The Kier molecular flexibility index (Phi) is 5.58. The number of ether oxygens (including phenoxy) is 1. The normalized spacial score (nSPS) is 12.2. The van der Waals surface area contributed by atoms with Crippen LogP contribution in [0.1, 0.15) is 0 Å². The Bertz CT molecular complexity index is 1140. The van der Waals surface area contributed by atoms with E-state index < -0.39 is 16.6 Å². The fourth-order valence-electron chi connectivity index (χ4n) is 3.58. The van der Waals surface area contributed by atoms with E-state index in [0.717, 1.165) is 44.5 Å². The Balaban J connectivity index is 1.94. The molecule has 31 heavy (non-hydrogen) atoms. The quantitative estimate of drug-likeness (QED) is 0.279.